The van der Waals surface area contributed by atoms with Crippen LogP contribution in [0.2, 0.25) is 0 Å². The smallest absolute Gasteiger partial charge is 0.189 e. The van der Waals surface area contributed by atoms with Crippen molar-refractivity contribution in [3.8, 4) is 28.7 Å². The van der Waals surface area contributed by atoms with Crippen LogP contribution in [-0.4, -0.2) is 39.3 Å². The minimum Gasteiger partial charge on any atom is -0.507 e. The van der Waals surface area contributed by atoms with Crippen LogP contribution in [-0.2, 0) is 6.42 Å². The van der Waals surface area contributed by atoms with E-state index in [0.717, 1.165) is 5.56 Å². The number of hydrogen-bond donors (Lipinski definition) is 1. The lowest BCUT2D eigenvalue weighted by atomic mass is 9.85. The van der Waals surface area contributed by atoms with Gasteiger partial charge in [0.25, 0.3) is 0 Å². The molecule has 0 atom stereocenters. The molecule has 2 aromatic carbocycles. The lowest BCUT2D eigenvalue weighted by Crippen LogP contribution is -2.14. The fourth-order valence-electron chi connectivity index (χ4n) is 3.22. The average Bonchev–Trinajstić information content (AvgIpc) is 2.70. The van der Waals surface area contributed by atoms with Gasteiger partial charge in [-0.2, -0.15) is 0 Å². The fourth-order valence-corrected chi connectivity index (χ4v) is 3.22. The molecule has 27 heavy (non-hydrogen) atoms. The Morgan fingerprint density at radius 1 is 0.815 bits per heavy atom. The third kappa shape index (κ3) is 3.43. The van der Waals surface area contributed by atoms with Crippen molar-refractivity contribution in [2.24, 2.45) is 0 Å². The van der Waals surface area contributed by atoms with Gasteiger partial charge in [-0.1, -0.05) is 0 Å². The van der Waals surface area contributed by atoms with Crippen LogP contribution in [0.25, 0.3) is 6.08 Å². The molecule has 0 heterocycles. The number of carbonyl (C=O) groups excluding carboxylic acids is 1. The summed E-state index contributed by atoms with van der Waals surface area (Å²) < 4.78 is 21.1. The highest BCUT2D eigenvalue weighted by atomic mass is 16.5. The van der Waals surface area contributed by atoms with E-state index in [1.807, 2.05) is 6.07 Å². The zero-order valence-corrected chi connectivity index (χ0v) is 15.8. The van der Waals surface area contributed by atoms with Crippen molar-refractivity contribution in [1.29, 1.82) is 0 Å². The van der Waals surface area contributed by atoms with Crippen molar-refractivity contribution < 1.29 is 28.8 Å². The highest BCUT2D eigenvalue weighted by Crippen LogP contribution is 2.38. The second-order valence-corrected chi connectivity index (χ2v) is 6.13. The van der Waals surface area contributed by atoms with Gasteiger partial charge in [0.2, 0.25) is 0 Å². The monoisotopic (exact) mass is 370 g/mol. The number of allylic oxidation sites excluding steroid dienone is 1. The normalized spacial score (nSPS) is 14.7. The molecule has 0 fully saturated rings. The summed E-state index contributed by atoms with van der Waals surface area (Å²) >= 11 is 0. The summed E-state index contributed by atoms with van der Waals surface area (Å²) in [5.74, 6) is 1.96. The van der Waals surface area contributed by atoms with Crippen LogP contribution < -0.4 is 18.9 Å². The first-order valence-corrected chi connectivity index (χ1v) is 8.47. The van der Waals surface area contributed by atoms with Crippen molar-refractivity contribution in [1.82, 2.24) is 0 Å². The van der Waals surface area contributed by atoms with Crippen LogP contribution in [0, 0.1) is 0 Å². The van der Waals surface area contributed by atoms with E-state index in [-0.39, 0.29) is 11.5 Å². The molecule has 2 aromatic rings. The highest BCUT2D eigenvalue weighted by molar-refractivity contribution is 6.13. The van der Waals surface area contributed by atoms with E-state index >= 15 is 0 Å². The third-order valence-electron chi connectivity index (χ3n) is 4.67. The molecule has 142 valence electrons. The second-order valence-electron chi connectivity index (χ2n) is 6.13. The number of aryl methyl sites for hydroxylation is 1. The maximum absolute atomic E-state index is 13.0. The number of fused-ring (bicyclic) bond motifs is 1. The Morgan fingerprint density at radius 2 is 1.37 bits per heavy atom. The molecule has 0 bridgehead atoms. The Kier molecular flexibility index (Phi) is 5.26. The maximum Gasteiger partial charge on any atom is 0.189 e. The molecule has 0 saturated heterocycles. The van der Waals surface area contributed by atoms with E-state index in [1.54, 1.807) is 25.3 Å². The number of phenolic OH excluding ortho intramolecular Hbond substituents is 1. The number of Topliss-reactive ketones (excluding diaryl/α,β-unsaturated/α-hetero) is 1. The van der Waals surface area contributed by atoms with E-state index in [4.69, 9.17) is 18.9 Å². The third-order valence-corrected chi connectivity index (χ3v) is 4.67. The molecule has 1 aliphatic carbocycles. The lowest BCUT2D eigenvalue weighted by Gasteiger charge is -2.20. The molecule has 0 amide bonds. The summed E-state index contributed by atoms with van der Waals surface area (Å²) in [4.78, 5) is 13.0. The first kappa shape index (κ1) is 18.6. The average molecular weight is 370 g/mol. The van der Waals surface area contributed by atoms with Gasteiger partial charge in [-0.25, -0.2) is 0 Å². The molecule has 0 aliphatic heterocycles. The molecule has 0 aromatic heterocycles. The van der Waals surface area contributed by atoms with E-state index < -0.39 is 0 Å². The molecular weight excluding hydrogens is 348 g/mol. The quantitative estimate of drug-likeness (QED) is 0.810. The highest BCUT2D eigenvalue weighted by Gasteiger charge is 2.25. The number of ketones is 1. The van der Waals surface area contributed by atoms with Gasteiger partial charge in [-0.15, -0.1) is 0 Å². The van der Waals surface area contributed by atoms with Crippen LogP contribution in [0.15, 0.2) is 29.8 Å². The second kappa shape index (κ2) is 7.61. The van der Waals surface area contributed by atoms with E-state index in [1.165, 1.54) is 27.4 Å². The minimum atomic E-state index is -0.0913. The van der Waals surface area contributed by atoms with E-state index in [0.29, 0.717) is 52.5 Å². The van der Waals surface area contributed by atoms with Gasteiger partial charge in [0.05, 0.1) is 28.4 Å². The number of benzene rings is 2. The van der Waals surface area contributed by atoms with Crippen LogP contribution >= 0.6 is 0 Å². The summed E-state index contributed by atoms with van der Waals surface area (Å²) in [6.07, 6.45) is 2.95. The molecule has 0 radical (unpaired) electrons. The Balaban J connectivity index is 2.02. The predicted octanol–water partition coefficient (Wildman–Crippen LogP) is 3.64. The van der Waals surface area contributed by atoms with Crippen molar-refractivity contribution in [2.45, 2.75) is 12.8 Å². The Morgan fingerprint density at radius 3 is 2.00 bits per heavy atom. The SMILES string of the molecule is COc1cc(O)c(/C=C2/CCc3cc(OC)c(OC)cc3C2=O)cc1OC. The van der Waals surface area contributed by atoms with Gasteiger partial charge in [0.15, 0.2) is 28.8 Å². The topological polar surface area (TPSA) is 74.2 Å². The largest absolute Gasteiger partial charge is 0.507 e. The van der Waals surface area contributed by atoms with Crippen molar-refractivity contribution in [3.63, 3.8) is 0 Å². The maximum atomic E-state index is 13.0. The number of hydrogen-bond acceptors (Lipinski definition) is 6. The van der Waals surface area contributed by atoms with Crippen LogP contribution in [0.3, 0.4) is 0 Å². The fraction of sp³-hybridized carbons (Fsp3) is 0.286. The van der Waals surface area contributed by atoms with Crippen molar-refractivity contribution >= 4 is 11.9 Å². The summed E-state index contributed by atoms with van der Waals surface area (Å²) in [6, 6.07) is 6.67. The van der Waals surface area contributed by atoms with Gasteiger partial charge in [0.1, 0.15) is 5.75 Å². The molecule has 6 heteroatoms. The molecule has 0 unspecified atom stereocenters. The minimum absolute atomic E-state index is 0.0195. The van der Waals surface area contributed by atoms with E-state index in [2.05, 4.69) is 0 Å². The van der Waals surface area contributed by atoms with Gasteiger partial charge in [0, 0.05) is 22.8 Å². The van der Waals surface area contributed by atoms with Crippen LogP contribution in [0.5, 0.6) is 28.7 Å². The van der Waals surface area contributed by atoms with Crippen molar-refractivity contribution in [3.05, 3.63) is 46.5 Å². The zero-order valence-electron chi connectivity index (χ0n) is 15.8. The summed E-state index contributed by atoms with van der Waals surface area (Å²) in [5.41, 5.74) is 2.62. The Bertz CT molecular complexity index is 913. The van der Waals surface area contributed by atoms with Gasteiger partial charge in [-0.05, 0) is 42.7 Å². The van der Waals surface area contributed by atoms with Gasteiger partial charge in [-0.3, -0.25) is 4.79 Å². The van der Waals surface area contributed by atoms with Crippen molar-refractivity contribution in [2.75, 3.05) is 28.4 Å². The molecule has 3 rings (SSSR count). The Labute approximate surface area is 157 Å². The molecule has 1 aliphatic rings. The van der Waals surface area contributed by atoms with Gasteiger partial charge >= 0.3 is 0 Å². The summed E-state index contributed by atoms with van der Waals surface area (Å²) in [5, 5.41) is 10.3. The Hall–Kier alpha value is -3.15. The molecular formula is C21H22O6. The van der Waals surface area contributed by atoms with Crippen LogP contribution in [0.4, 0.5) is 0 Å². The first-order chi connectivity index (χ1) is 13.0. The lowest BCUT2D eigenvalue weighted by molar-refractivity contribution is 0.102. The van der Waals surface area contributed by atoms with E-state index in [9.17, 15) is 9.90 Å². The molecule has 1 N–H and O–H groups in total. The summed E-state index contributed by atoms with van der Waals surface area (Å²) in [7, 11) is 6.13. The molecule has 6 nitrogen and oxygen atoms in total. The number of rotatable bonds is 5. The molecule has 0 spiro atoms. The number of methoxy groups -OCH3 is 4. The predicted molar refractivity (Wildman–Crippen MR) is 101 cm³/mol. The number of aromatic hydroxyl groups is 1. The number of ether oxygens (including phenoxy) is 4. The standard InChI is InChI=1S/C21H22O6/c1-24-17-8-12-5-6-13(21(23)15(12)10-19(17)26-3)7-14-9-18(25-2)20(27-4)11-16(14)22/h7-11,22H,5-6H2,1-4H3/b13-7-. The molecule has 0 saturated carbocycles. The first-order valence-electron chi connectivity index (χ1n) is 8.47. The summed E-state index contributed by atoms with van der Waals surface area (Å²) in [6.45, 7) is 0. The van der Waals surface area contributed by atoms with Gasteiger partial charge < -0.3 is 24.1 Å². The van der Waals surface area contributed by atoms with Crippen LogP contribution in [0.1, 0.15) is 27.9 Å². The zero-order chi connectivity index (χ0) is 19.6. The number of phenols is 1. The number of carbonyl (C=O) groups is 1.